The van der Waals surface area contributed by atoms with E-state index >= 15 is 0 Å². The summed E-state index contributed by atoms with van der Waals surface area (Å²) in [6.45, 7) is 9.53. The summed E-state index contributed by atoms with van der Waals surface area (Å²) < 4.78 is 0. The second-order valence-electron chi connectivity index (χ2n) is 7.55. The third-order valence-corrected chi connectivity index (χ3v) is 5.82. The number of piperidine rings is 1. The second kappa shape index (κ2) is 8.18. The van der Waals surface area contributed by atoms with E-state index in [0.29, 0.717) is 5.41 Å². The number of hydrogen-bond donors (Lipinski definition) is 1. The predicted molar refractivity (Wildman–Crippen MR) is 104 cm³/mol. The average molecular weight is 420 g/mol. The fourth-order valence-electron chi connectivity index (χ4n) is 4.35. The Kier molecular flexibility index (Phi) is 6.80. The zero-order valence-corrected chi connectivity index (χ0v) is 16.6. The summed E-state index contributed by atoms with van der Waals surface area (Å²) in [7, 11) is 1.93. The molecule has 1 atom stereocenters. The van der Waals surface area contributed by atoms with Gasteiger partial charge in [-0.1, -0.05) is 13.3 Å². The van der Waals surface area contributed by atoms with Crippen molar-refractivity contribution in [2.45, 2.75) is 45.4 Å². The number of guanidine groups is 1. The molecule has 2 heterocycles. The molecule has 1 aliphatic carbocycles. The van der Waals surface area contributed by atoms with Crippen LogP contribution < -0.4 is 5.32 Å². The topological polar surface area (TPSA) is 30.9 Å². The standard InChI is InChI=1S/C17H32N4.HI/c1-15-5-3-10-20(13-15)12-9-19-16(18-2)21-11-8-17(14-21)6-4-7-17;/h15H,3-14H2,1-2H3,(H,18,19);1H. The maximum atomic E-state index is 4.50. The van der Waals surface area contributed by atoms with Crippen molar-refractivity contribution >= 4 is 29.9 Å². The first-order valence-corrected chi connectivity index (χ1v) is 8.89. The van der Waals surface area contributed by atoms with Crippen LogP contribution in [0.25, 0.3) is 0 Å². The van der Waals surface area contributed by atoms with Crippen LogP contribution in [0.3, 0.4) is 0 Å². The smallest absolute Gasteiger partial charge is 0.193 e. The first-order chi connectivity index (χ1) is 10.2. The summed E-state index contributed by atoms with van der Waals surface area (Å²) in [5.74, 6) is 2.00. The van der Waals surface area contributed by atoms with Crippen LogP contribution in [0.2, 0.25) is 0 Å². The molecule has 0 aromatic heterocycles. The lowest BCUT2D eigenvalue weighted by molar-refractivity contribution is 0.151. The van der Waals surface area contributed by atoms with Crippen LogP contribution in [-0.2, 0) is 0 Å². The molecule has 3 aliphatic rings. The molecule has 1 unspecified atom stereocenters. The Hall–Kier alpha value is -0.0400. The molecule has 3 rings (SSSR count). The minimum absolute atomic E-state index is 0. The van der Waals surface area contributed by atoms with Crippen LogP contribution in [0.4, 0.5) is 0 Å². The summed E-state index contributed by atoms with van der Waals surface area (Å²) in [6, 6.07) is 0. The fourth-order valence-corrected chi connectivity index (χ4v) is 4.35. The number of hydrogen-bond acceptors (Lipinski definition) is 2. The lowest BCUT2D eigenvalue weighted by Crippen LogP contribution is -2.46. The van der Waals surface area contributed by atoms with Crippen LogP contribution in [0.15, 0.2) is 4.99 Å². The Labute approximate surface area is 153 Å². The van der Waals surface area contributed by atoms with Gasteiger partial charge in [0.05, 0.1) is 0 Å². The quantitative estimate of drug-likeness (QED) is 0.433. The highest BCUT2D eigenvalue weighted by Crippen LogP contribution is 2.47. The van der Waals surface area contributed by atoms with Crippen molar-refractivity contribution in [1.29, 1.82) is 0 Å². The van der Waals surface area contributed by atoms with Gasteiger partial charge in [0, 0.05) is 39.8 Å². The Morgan fingerprint density at radius 3 is 2.64 bits per heavy atom. The van der Waals surface area contributed by atoms with Crippen LogP contribution >= 0.6 is 24.0 Å². The van der Waals surface area contributed by atoms with Gasteiger partial charge in [-0.25, -0.2) is 0 Å². The molecule has 0 radical (unpaired) electrons. The van der Waals surface area contributed by atoms with Crippen LogP contribution in [-0.4, -0.2) is 62.1 Å². The minimum Gasteiger partial charge on any atom is -0.355 e. The number of nitrogens with one attached hydrogen (secondary N) is 1. The number of halogens is 1. The van der Waals surface area contributed by atoms with Crippen molar-refractivity contribution in [3.63, 3.8) is 0 Å². The van der Waals surface area contributed by atoms with Gasteiger partial charge in [-0.05, 0) is 50.0 Å². The van der Waals surface area contributed by atoms with E-state index < -0.39 is 0 Å². The molecule has 0 aromatic carbocycles. The largest absolute Gasteiger partial charge is 0.355 e. The molecule has 0 amide bonds. The van der Waals surface area contributed by atoms with Gasteiger partial charge >= 0.3 is 0 Å². The van der Waals surface area contributed by atoms with Gasteiger partial charge in [-0.2, -0.15) is 0 Å². The zero-order chi connectivity index (χ0) is 14.7. The molecule has 22 heavy (non-hydrogen) atoms. The van der Waals surface area contributed by atoms with E-state index in [1.165, 1.54) is 64.7 Å². The van der Waals surface area contributed by atoms with Crippen molar-refractivity contribution in [1.82, 2.24) is 15.1 Å². The molecule has 128 valence electrons. The Morgan fingerprint density at radius 1 is 1.23 bits per heavy atom. The first-order valence-electron chi connectivity index (χ1n) is 8.89. The van der Waals surface area contributed by atoms with Crippen molar-refractivity contribution < 1.29 is 0 Å². The van der Waals surface area contributed by atoms with Crippen molar-refractivity contribution in [3.05, 3.63) is 0 Å². The van der Waals surface area contributed by atoms with Gasteiger partial charge in [-0.3, -0.25) is 4.99 Å². The molecule has 0 aromatic rings. The van der Waals surface area contributed by atoms with E-state index in [1.54, 1.807) is 0 Å². The average Bonchev–Trinajstić information content (AvgIpc) is 2.89. The molecule has 1 spiro atoms. The van der Waals surface area contributed by atoms with Gasteiger partial charge < -0.3 is 15.1 Å². The molecule has 2 aliphatic heterocycles. The summed E-state index contributed by atoms with van der Waals surface area (Å²) in [5.41, 5.74) is 0.653. The third-order valence-electron chi connectivity index (χ3n) is 5.82. The number of rotatable bonds is 3. The molecule has 0 bridgehead atoms. The van der Waals surface area contributed by atoms with E-state index in [4.69, 9.17) is 0 Å². The van der Waals surface area contributed by atoms with Gasteiger partial charge in [0.2, 0.25) is 0 Å². The molecule has 2 saturated heterocycles. The SMILES string of the molecule is CN=C(NCCN1CCCC(C)C1)N1CCC2(CCC2)C1.I. The molecule has 1 saturated carbocycles. The molecule has 5 heteroatoms. The lowest BCUT2D eigenvalue weighted by atomic mass is 9.68. The Morgan fingerprint density at radius 2 is 2.05 bits per heavy atom. The molecule has 3 fully saturated rings. The highest BCUT2D eigenvalue weighted by molar-refractivity contribution is 14.0. The first kappa shape index (κ1) is 18.3. The normalized spacial score (nSPS) is 28.4. The maximum Gasteiger partial charge on any atom is 0.193 e. The summed E-state index contributed by atoms with van der Waals surface area (Å²) >= 11 is 0. The van der Waals surface area contributed by atoms with Crippen molar-refractivity contribution in [2.75, 3.05) is 46.3 Å². The molecule has 1 N–H and O–H groups in total. The highest BCUT2D eigenvalue weighted by Gasteiger charge is 2.43. The van der Waals surface area contributed by atoms with E-state index in [1.807, 2.05) is 7.05 Å². The van der Waals surface area contributed by atoms with Crippen LogP contribution in [0.5, 0.6) is 0 Å². The predicted octanol–water partition coefficient (Wildman–Crippen LogP) is 2.79. The zero-order valence-electron chi connectivity index (χ0n) is 14.3. The van der Waals surface area contributed by atoms with Crippen LogP contribution in [0.1, 0.15) is 45.4 Å². The molecule has 4 nitrogen and oxygen atoms in total. The second-order valence-corrected chi connectivity index (χ2v) is 7.55. The Bertz CT molecular complexity index is 381. The molecular formula is C17H33IN4. The summed E-state index contributed by atoms with van der Waals surface area (Å²) in [5, 5.41) is 3.59. The monoisotopic (exact) mass is 420 g/mol. The van der Waals surface area contributed by atoms with E-state index in [2.05, 4.69) is 27.0 Å². The number of likely N-dealkylation sites (tertiary alicyclic amines) is 2. The lowest BCUT2D eigenvalue weighted by Gasteiger charge is -2.38. The Balaban J connectivity index is 0.00000176. The van der Waals surface area contributed by atoms with Crippen LogP contribution in [0, 0.1) is 11.3 Å². The van der Waals surface area contributed by atoms with Gasteiger partial charge in [0.25, 0.3) is 0 Å². The number of aliphatic imine (C=N–C) groups is 1. The summed E-state index contributed by atoms with van der Waals surface area (Å²) in [6.07, 6.45) is 8.45. The molecular weight excluding hydrogens is 387 g/mol. The van der Waals surface area contributed by atoms with E-state index in [-0.39, 0.29) is 24.0 Å². The van der Waals surface area contributed by atoms with Crippen molar-refractivity contribution in [2.24, 2.45) is 16.3 Å². The van der Waals surface area contributed by atoms with E-state index in [0.717, 1.165) is 25.0 Å². The van der Waals surface area contributed by atoms with Gasteiger partial charge in [0.1, 0.15) is 0 Å². The maximum absolute atomic E-state index is 4.50. The van der Waals surface area contributed by atoms with Gasteiger partial charge in [-0.15, -0.1) is 24.0 Å². The van der Waals surface area contributed by atoms with Gasteiger partial charge in [0.15, 0.2) is 5.96 Å². The number of nitrogens with zero attached hydrogens (tertiary/aromatic N) is 3. The summed E-state index contributed by atoms with van der Waals surface area (Å²) in [4.78, 5) is 9.59. The van der Waals surface area contributed by atoms with Crippen molar-refractivity contribution in [3.8, 4) is 0 Å². The minimum atomic E-state index is 0. The third kappa shape index (κ3) is 4.28. The van der Waals surface area contributed by atoms with E-state index in [9.17, 15) is 0 Å². The fraction of sp³-hybridized carbons (Fsp3) is 0.941. The highest BCUT2D eigenvalue weighted by atomic mass is 127.